The first kappa shape index (κ1) is 11.6. The highest BCUT2D eigenvalue weighted by molar-refractivity contribution is 8.00. The lowest BCUT2D eigenvalue weighted by Gasteiger charge is -2.39. The molecule has 0 amide bonds. The Bertz CT molecular complexity index is 383. The van der Waals surface area contributed by atoms with Gasteiger partial charge in [0.15, 0.2) is 0 Å². The summed E-state index contributed by atoms with van der Waals surface area (Å²) in [6.45, 7) is 2.91. The Kier molecular flexibility index (Phi) is 3.30. The molecule has 2 N–H and O–H groups in total. The Labute approximate surface area is 101 Å². The van der Waals surface area contributed by atoms with E-state index in [1.165, 1.54) is 10.6 Å². The maximum absolute atomic E-state index is 5.80. The second-order valence-corrected chi connectivity index (χ2v) is 5.33. The number of fused-ring (bicyclic) bond motifs is 1. The van der Waals surface area contributed by atoms with Crippen LogP contribution >= 0.6 is 11.8 Å². The van der Waals surface area contributed by atoms with Crippen LogP contribution in [0, 0.1) is 0 Å². The van der Waals surface area contributed by atoms with E-state index in [1.807, 2.05) is 23.9 Å². The molecule has 0 saturated heterocycles. The number of hydrogen-bond acceptors (Lipinski definition) is 4. The summed E-state index contributed by atoms with van der Waals surface area (Å²) in [5, 5.41) is 0.449. The van der Waals surface area contributed by atoms with Crippen molar-refractivity contribution >= 4 is 17.4 Å². The fourth-order valence-corrected chi connectivity index (χ4v) is 3.38. The molecule has 1 aromatic carbocycles. The Morgan fingerprint density at radius 2 is 2.25 bits per heavy atom. The molecule has 1 aliphatic heterocycles. The molecule has 2 unspecified atom stereocenters. The van der Waals surface area contributed by atoms with Gasteiger partial charge in [-0.25, -0.2) is 0 Å². The van der Waals surface area contributed by atoms with Crippen LogP contribution in [0.2, 0.25) is 0 Å². The maximum atomic E-state index is 5.80. The SMILES string of the molecule is COc1cccc2c1N(C)C(C)C(CN)S2. The van der Waals surface area contributed by atoms with Gasteiger partial charge in [-0.2, -0.15) is 0 Å². The van der Waals surface area contributed by atoms with Crippen molar-refractivity contribution < 1.29 is 4.74 Å². The normalized spacial score (nSPS) is 24.1. The first-order valence-electron chi connectivity index (χ1n) is 5.45. The molecule has 0 spiro atoms. The zero-order chi connectivity index (χ0) is 11.7. The van der Waals surface area contributed by atoms with Crippen LogP contribution < -0.4 is 15.4 Å². The Morgan fingerprint density at radius 1 is 1.50 bits per heavy atom. The quantitative estimate of drug-likeness (QED) is 0.854. The molecule has 16 heavy (non-hydrogen) atoms. The summed E-state index contributed by atoms with van der Waals surface area (Å²) in [6.07, 6.45) is 0. The number of ether oxygens (including phenoxy) is 1. The number of rotatable bonds is 2. The molecular weight excluding hydrogens is 220 g/mol. The maximum Gasteiger partial charge on any atom is 0.143 e. The summed E-state index contributed by atoms with van der Waals surface area (Å²) in [5.41, 5.74) is 6.99. The van der Waals surface area contributed by atoms with E-state index in [9.17, 15) is 0 Å². The van der Waals surface area contributed by atoms with Gasteiger partial charge < -0.3 is 15.4 Å². The monoisotopic (exact) mass is 238 g/mol. The summed E-state index contributed by atoms with van der Waals surface area (Å²) >= 11 is 1.85. The van der Waals surface area contributed by atoms with Gasteiger partial charge in [-0.3, -0.25) is 0 Å². The first-order valence-corrected chi connectivity index (χ1v) is 6.33. The highest BCUT2D eigenvalue weighted by Crippen LogP contribution is 2.45. The van der Waals surface area contributed by atoms with Crippen molar-refractivity contribution in [3.8, 4) is 5.75 Å². The average Bonchev–Trinajstić information content (AvgIpc) is 2.32. The van der Waals surface area contributed by atoms with Crippen LogP contribution in [0.4, 0.5) is 5.69 Å². The molecule has 0 saturated carbocycles. The molecule has 2 atom stereocenters. The van der Waals surface area contributed by atoms with E-state index < -0.39 is 0 Å². The number of anilines is 1. The molecule has 2 rings (SSSR count). The molecule has 1 heterocycles. The molecule has 0 aliphatic carbocycles. The Morgan fingerprint density at radius 3 is 2.88 bits per heavy atom. The lowest BCUT2D eigenvalue weighted by atomic mass is 10.1. The van der Waals surface area contributed by atoms with Crippen LogP contribution in [0.1, 0.15) is 6.92 Å². The van der Waals surface area contributed by atoms with Gasteiger partial charge in [-0.05, 0) is 19.1 Å². The van der Waals surface area contributed by atoms with Crippen molar-refractivity contribution in [1.82, 2.24) is 0 Å². The van der Waals surface area contributed by atoms with Gasteiger partial charge in [-0.1, -0.05) is 6.07 Å². The summed E-state index contributed by atoms with van der Waals surface area (Å²) < 4.78 is 5.41. The van der Waals surface area contributed by atoms with E-state index in [1.54, 1.807) is 7.11 Å². The van der Waals surface area contributed by atoms with E-state index in [-0.39, 0.29) is 0 Å². The van der Waals surface area contributed by atoms with E-state index in [4.69, 9.17) is 10.5 Å². The molecule has 0 aromatic heterocycles. The van der Waals surface area contributed by atoms with E-state index in [0.717, 1.165) is 5.75 Å². The van der Waals surface area contributed by atoms with Crippen LogP contribution in [0.5, 0.6) is 5.75 Å². The molecule has 0 fully saturated rings. The highest BCUT2D eigenvalue weighted by atomic mass is 32.2. The van der Waals surface area contributed by atoms with Gasteiger partial charge in [0.2, 0.25) is 0 Å². The molecule has 1 aromatic rings. The number of para-hydroxylation sites is 1. The van der Waals surface area contributed by atoms with Gasteiger partial charge in [0.25, 0.3) is 0 Å². The highest BCUT2D eigenvalue weighted by Gasteiger charge is 2.30. The van der Waals surface area contributed by atoms with E-state index in [0.29, 0.717) is 17.8 Å². The van der Waals surface area contributed by atoms with Crippen molar-refractivity contribution in [2.45, 2.75) is 23.1 Å². The van der Waals surface area contributed by atoms with E-state index >= 15 is 0 Å². The topological polar surface area (TPSA) is 38.5 Å². The molecule has 1 aliphatic rings. The lowest BCUT2D eigenvalue weighted by molar-refractivity contribution is 0.411. The van der Waals surface area contributed by atoms with Crippen molar-refractivity contribution in [2.24, 2.45) is 5.73 Å². The number of thioether (sulfide) groups is 1. The minimum absolute atomic E-state index is 0.429. The summed E-state index contributed by atoms with van der Waals surface area (Å²) in [6, 6.07) is 6.60. The minimum Gasteiger partial charge on any atom is -0.495 e. The molecule has 88 valence electrons. The van der Waals surface area contributed by atoms with Gasteiger partial charge in [0, 0.05) is 29.8 Å². The van der Waals surface area contributed by atoms with Crippen molar-refractivity contribution in [2.75, 3.05) is 25.6 Å². The van der Waals surface area contributed by atoms with Crippen LogP contribution in [0.3, 0.4) is 0 Å². The Hall–Kier alpha value is -0.870. The van der Waals surface area contributed by atoms with E-state index in [2.05, 4.69) is 24.9 Å². The third kappa shape index (κ3) is 1.76. The number of nitrogens with two attached hydrogens (primary N) is 1. The summed E-state index contributed by atoms with van der Waals surface area (Å²) in [7, 11) is 3.82. The smallest absolute Gasteiger partial charge is 0.143 e. The Balaban J connectivity index is 2.45. The molecule has 0 bridgehead atoms. The molecule has 4 heteroatoms. The predicted octanol–water partition coefficient (Wildman–Crippen LogP) is 1.95. The zero-order valence-corrected chi connectivity index (χ0v) is 10.8. The predicted molar refractivity (Wildman–Crippen MR) is 69.6 cm³/mol. The third-order valence-corrected chi connectivity index (χ3v) is 4.67. The fraction of sp³-hybridized carbons (Fsp3) is 0.500. The average molecular weight is 238 g/mol. The zero-order valence-electron chi connectivity index (χ0n) is 9.93. The molecule has 0 radical (unpaired) electrons. The van der Waals surface area contributed by atoms with Crippen molar-refractivity contribution in [3.63, 3.8) is 0 Å². The first-order chi connectivity index (χ1) is 7.69. The largest absolute Gasteiger partial charge is 0.495 e. The van der Waals surface area contributed by atoms with Crippen molar-refractivity contribution in [3.05, 3.63) is 18.2 Å². The number of benzene rings is 1. The number of methoxy groups -OCH3 is 1. The van der Waals surface area contributed by atoms with Crippen molar-refractivity contribution in [1.29, 1.82) is 0 Å². The lowest BCUT2D eigenvalue weighted by Crippen LogP contribution is -2.44. The number of hydrogen-bond donors (Lipinski definition) is 1. The summed E-state index contributed by atoms with van der Waals surface area (Å²) in [5.74, 6) is 0.940. The van der Waals surface area contributed by atoms with Gasteiger partial charge >= 0.3 is 0 Å². The second kappa shape index (κ2) is 4.55. The third-order valence-electron chi connectivity index (χ3n) is 3.19. The van der Waals surface area contributed by atoms with Gasteiger partial charge in [0.1, 0.15) is 5.75 Å². The molecule has 3 nitrogen and oxygen atoms in total. The minimum atomic E-state index is 0.429. The fourth-order valence-electron chi connectivity index (χ4n) is 2.07. The summed E-state index contributed by atoms with van der Waals surface area (Å²) in [4.78, 5) is 3.53. The van der Waals surface area contributed by atoms with Gasteiger partial charge in [-0.15, -0.1) is 11.8 Å². The molecular formula is C12H18N2OS. The van der Waals surface area contributed by atoms with Gasteiger partial charge in [0.05, 0.1) is 12.8 Å². The van der Waals surface area contributed by atoms with Crippen LogP contribution in [-0.2, 0) is 0 Å². The number of nitrogens with zero attached hydrogens (tertiary/aromatic N) is 1. The second-order valence-electron chi connectivity index (χ2n) is 4.05. The van der Waals surface area contributed by atoms with Crippen LogP contribution in [0.25, 0.3) is 0 Å². The van der Waals surface area contributed by atoms with Crippen LogP contribution in [-0.4, -0.2) is 32.0 Å². The standard InChI is InChI=1S/C12H18N2OS/c1-8-11(7-13)16-10-6-4-5-9(15-3)12(10)14(8)2/h4-6,8,11H,7,13H2,1-3H3. The van der Waals surface area contributed by atoms with Crippen LogP contribution in [0.15, 0.2) is 23.1 Å².